The summed E-state index contributed by atoms with van der Waals surface area (Å²) in [5.41, 5.74) is -1.46. The summed E-state index contributed by atoms with van der Waals surface area (Å²) in [6, 6.07) is 11.7. The maximum absolute atomic E-state index is 13.1. The summed E-state index contributed by atoms with van der Waals surface area (Å²) in [5, 5.41) is 7.13. The van der Waals surface area contributed by atoms with Gasteiger partial charge in [0.25, 0.3) is 5.56 Å². The molecular formula is C21H15ClF3N5O3. The molecule has 4 N–H and O–H groups in total. The van der Waals surface area contributed by atoms with Crippen LogP contribution in [0.4, 0.5) is 36.3 Å². The molecule has 3 aromatic rings. The van der Waals surface area contributed by atoms with Crippen molar-refractivity contribution in [2.24, 2.45) is 0 Å². The second kappa shape index (κ2) is 8.58. The van der Waals surface area contributed by atoms with Crippen LogP contribution in [0, 0.1) is 0 Å². The first kappa shape index (κ1) is 22.3. The number of para-hydroxylation sites is 1. The van der Waals surface area contributed by atoms with Crippen LogP contribution in [0.3, 0.4) is 0 Å². The highest BCUT2D eigenvalue weighted by Gasteiger charge is 2.36. The molecule has 0 saturated carbocycles. The molecule has 1 aliphatic rings. The number of H-pyrrole nitrogens is 1. The molecule has 0 saturated heterocycles. The van der Waals surface area contributed by atoms with Crippen molar-refractivity contribution in [3.05, 3.63) is 75.0 Å². The molecule has 1 aromatic heterocycles. The highest BCUT2D eigenvalue weighted by atomic mass is 35.5. The van der Waals surface area contributed by atoms with Gasteiger partial charge in [0.15, 0.2) is 0 Å². The molecule has 1 atom stereocenters. The van der Waals surface area contributed by atoms with E-state index in [1.54, 1.807) is 30.3 Å². The summed E-state index contributed by atoms with van der Waals surface area (Å²) in [5.74, 6) is -2.74. The van der Waals surface area contributed by atoms with Gasteiger partial charge in [0.05, 0.1) is 22.1 Å². The van der Waals surface area contributed by atoms with Gasteiger partial charge in [-0.2, -0.15) is 18.2 Å². The molecule has 2 heterocycles. The molecular weight excluding hydrogens is 463 g/mol. The van der Waals surface area contributed by atoms with Crippen molar-refractivity contribution in [3.8, 4) is 0 Å². The normalized spacial score (nSPS) is 15.4. The Hall–Kier alpha value is -3.86. The molecule has 1 unspecified atom stereocenters. The van der Waals surface area contributed by atoms with Crippen LogP contribution in [0.25, 0.3) is 0 Å². The van der Waals surface area contributed by atoms with E-state index in [0.717, 1.165) is 6.07 Å². The lowest BCUT2D eigenvalue weighted by Crippen LogP contribution is -2.36. The van der Waals surface area contributed by atoms with Crippen LogP contribution < -0.4 is 21.5 Å². The average Bonchev–Trinajstić information content (AvgIpc) is 2.74. The minimum Gasteiger partial charge on any atom is -0.326 e. The Kier molecular flexibility index (Phi) is 5.81. The number of aromatic nitrogens is 2. The average molecular weight is 478 g/mol. The SMILES string of the molecule is O=C1CC(C(=O)Nc2ccc(Cl)c(C(F)(F)F)c2)c2c(nc(Nc3ccccc3)[nH]c2=O)N1. The van der Waals surface area contributed by atoms with Crippen molar-refractivity contribution < 1.29 is 22.8 Å². The van der Waals surface area contributed by atoms with E-state index in [9.17, 15) is 27.6 Å². The standard InChI is InChI=1S/C21H15ClF3N5O3/c22-14-7-6-11(8-13(14)21(23,24)25)26-18(32)12-9-15(31)28-17-16(12)19(33)30-20(29-17)27-10-4-2-1-3-5-10/h1-8,12H,9H2,(H,26,32)(H3,27,28,29,30,31,33). The zero-order chi connectivity index (χ0) is 23.8. The van der Waals surface area contributed by atoms with Gasteiger partial charge >= 0.3 is 6.18 Å². The van der Waals surface area contributed by atoms with Crippen LogP contribution in [-0.4, -0.2) is 21.8 Å². The number of nitrogens with zero attached hydrogens (tertiary/aromatic N) is 1. The quantitative estimate of drug-likeness (QED) is 0.448. The van der Waals surface area contributed by atoms with E-state index in [4.69, 9.17) is 11.6 Å². The van der Waals surface area contributed by atoms with Crippen molar-refractivity contribution in [2.75, 3.05) is 16.0 Å². The van der Waals surface area contributed by atoms with Gasteiger partial charge in [-0.1, -0.05) is 29.8 Å². The highest BCUT2D eigenvalue weighted by Crippen LogP contribution is 2.37. The van der Waals surface area contributed by atoms with E-state index in [2.05, 4.69) is 25.9 Å². The number of benzene rings is 2. The molecule has 0 radical (unpaired) electrons. The predicted molar refractivity (Wildman–Crippen MR) is 116 cm³/mol. The molecule has 0 spiro atoms. The Morgan fingerprint density at radius 2 is 1.82 bits per heavy atom. The maximum atomic E-state index is 13.1. The minimum atomic E-state index is -4.72. The zero-order valence-corrected chi connectivity index (χ0v) is 17.3. The fourth-order valence-electron chi connectivity index (χ4n) is 3.36. The lowest BCUT2D eigenvalue weighted by Gasteiger charge is -2.24. The molecule has 0 bridgehead atoms. The molecule has 1 aliphatic heterocycles. The van der Waals surface area contributed by atoms with Gasteiger partial charge in [-0.05, 0) is 30.3 Å². The van der Waals surface area contributed by atoms with E-state index in [0.29, 0.717) is 11.8 Å². The van der Waals surface area contributed by atoms with Crippen molar-refractivity contribution in [1.82, 2.24) is 9.97 Å². The third kappa shape index (κ3) is 4.82. The molecule has 2 amide bonds. The van der Waals surface area contributed by atoms with E-state index < -0.39 is 40.1 Å². The molecule has 0 aliphatic carbocycles. The summed E-state index contributed by atoms with van der Waals surface area (Å²) in [6.45, 7) is 0. The van der Waals surface area contributed by atoms with Crippen LogP contribution in [-0.2, 0) is 15.8 Å². The number of anilines is 4. The lowest BCUT2D eigenvalue weighted by molar-refractivity contribution is -0.137. The fourth-order valence-corrected chi connectivity index (χ4v) is 3.59. The molecule has 2 aromatic carbocycles. The van der Waals surface area contributed by atoms with Gasteiger partial charge in [-0.25, -0.2) is 0 Å². The van der Waals surface area contributed by atoms with E-state index >= 15 is 0 Å². The van der Waals surface area contributed by atoms with Crippen molar-refractivity contribution in [3.63, 3.8) is 0 Å². The van der Waals surface area contributed by atoms with Crippen LogP contribution in [0.5, 0.6) is 0 Å². The Morgan fingerprint density at radius 3 is 2.52 bits per heavy atom. The number of carbonyl (C=O) groups excluding carboxylic acids is 2. The van der Waals surface area contributed by atoms with Crippen molar-refractivity contribution >= 4 is 46.6 Å². The van der Waals surface area contributed by atoms with Crippen LogP contribution in [0.1, 0.15) is 23.5 Å². The first-order valence-corrected chi connectivity index (χ1v) is 9.93. The second-order valence-electron chi connectivity index (χ2n) is 7.15. The molecule has 0 fully saturated rings. The number of nitrogens with one attached hydrogen (secondary N) is 4. The maximum Gasteiger partial charge on any atom is 0.417 e. The Morgan fingerprint density at radius 1 is 1.09 bits per heavy atom. The number of alkyl halides is 3. The number of amides is 2. The monoisotopic (exact) mass is 477 g/mol. The lowest BCUT2D eigenvalue weighted by atomic mass is 9.92. The third-order valence-corrected chi connectivity index (χ3v) is 5.17. The van der Waals surface area contributed by atoms with Gasteiger partial charge < -0.3 is 16.0 Å². The molecule has 170 valence electrons. The number of fused-ring (bicyclic) bond motifs is 1. The summed E-state index contributed by atoms with van der Waals surface area (Å²) < 4.78 is 39.3. The topological polar surface area (TPSA) is 116 Å². The Balaban J connectivity index is 1.63. The zero-order valence-electron chi connectivity index (χ0n) is 16.6. The smallest absolute Gasteiger partial charge is 0.326 e. The number of carbonyl (C=O) groups is 2. The van der Waals surface area contributed by atoms with Crippen LogP contribution >= 0.6 is 11.6 Å². The number of halogens is 4. The number of hydrogen-bond acceptors (Lipinski definition) is 5. The Bertz CT molecular complexity index is 1290. The summed E-state index contributed by atoms with van der Waals surface area (Å²) in [7, 11) is 0. The molecule has 12 heteroatoms. The van der Waals surface area contributed by atoms with Gasteiger partial charge in [-0.3, -0.25) is 19.4 Å². The van der Waals surface area contributed by atoms with Crippen LogP contribution in [0.15, 0.2) is 53.3 Å². The largest absolute Gasteiger partial charge is 0.417 e. The summed E-state index contributed by atoms with van der Waals surface area (Å²) in [4.78, 5) is 44.4. The second-order valence-corrected chi connectivity index (χ2v) is 7.56. The van der Waals surface area contributed by atoms with Crippen LogP contribution in [0.2, 0.25) is 5.02 Å². The molecule has 33 heavy (non-hydrogen) atoms. The molecule has 8 nitrogen and oxygen atoms in total. The number of rotatable bonds is 4. The summed E-state index contributed by atoms with van der Waals surface area (Å²) in [6.07, 6.45) is -5.10. The first-order chi connectivity index (χ1) is 15.6. The fraction of sp³-hybridized carbons (Fsp3) is 0.143. The Labute approximate surface area is 189 Å². The molecule has 4 rings (SSSR count). The number of hydrogen-bond donors (Lipinski definition) is 4. The van der Waals surface area contributed by atoms with E-state index in [1.165, 1.54) is 6.07 Å². The van der Waals surface area contributed by atoms with Gasteiger partial charge in [0.1, 0.15) is 5.82 Å². The van der Waals surface area contributed by atoms with Crippen molar-refractivity contribution in [2.45, 2.75) is 18.5 Å². The van der Waals surface area contributed by atoms with Gasteiger partial charge in [0, 0.05) is 17.8 Å². The van der Waals surface area contributed by atoms with Gasteiger partial charge in [-0.15, -0.1) is 0 Å². The first-order valence-electron chi connectivity index (χ1n) is 9.55. The minimum absolute atomic E-state index is 0.0406. The van der Waals surface area contributed by atoms with E-state index in [-0.39, 0.29) is 29.4 Å². The number of aromatic amines is 1. The predicted octanol–water partition coefficient (Wildman–Crippen LogP) is 4.25. The third-order valence-electron chi connectivity index (χ3n) is 4.84. The highest BCUT2D eigenvalue weighted by molar-refractivity contribution is 6.31. The van der Waals surface area contributed by atoms with Gasteiger partial charge in [0.2, 0.25) is 17.8 Å². The van der Waals surface area contributed by atoms with E-state index in [1.807, 2.05) is 0 Å². The summed E-state index contributed by atoms with van der Waals surface area (Å²) >= 11 is 5.60. The van der Waals surface area contributed by atoms with Crippen molar-refractivity contribution in [1.29, 1.82) is 0 Å².